The molecule has 0 aliphatic carbocycles. The second kappa shape index (κ2) is 5.00. The molecule has 0 bridgehead atoms. The summed E-state index contributed by atoms with van der Waals surface area (Å²) in [5.41, 5.74) is 0. The van der Waals surface area contributed by atoms with Crippen LogP contribution in [0.5, 0.6) is 0 Å². The Morgan fingerprint density at radius 3 is 3.07 bits per heavy atom. The summed E-state index contributed by atoms with van der Waals surface area (Å²) in [6, 6.07) is 2.28. The van der Waals surface area contributed by atoms with Crippen molar-refractivity contribution in [1.82, 2.24) is 9.39 Å². The standard InChI is InChI=1S/C8H9N3O2S2/c1-3-4-5-7(2)15(12,13)11-8-9-6-10-14-8/h4-5H,2-3H2,1H3/p+1. The zero-order valence-corrected chi connectivity index (χ0v) is 9.73. The highest BCUT2D eigenvalue weighted by Crippen LogP contribution is 2.08. The number of nitrogens with zero attached hydrogens (tertiary/aromatic N) is 2. The van der Waals surface area contributed by atoms with Gasteiger partial charge in [0.25, 0.3) is 0 Å². The van der Waals surface area contributed by atoms with Crippen molar-refractivity contribution in [2.24, 2.45) is 4.40 Å². The molecule has 7 heteroatoms. The smallest absolute Gasteiger partial charge is 0.186 e. The van der Waals surface area contributed by atoms with Gasteiger partial charge in [0.15, 0.2) is 0 Å². The Hall–Kier alpha value is -1.26. The third kappa shape index (κ3) is 3.42. The van der Waals surface area contributed by atoms with E-state index >= 15 is 0 Å². The van der Waals surface area contributed by atoms with E-state index in [-0.39, 0.29) is 10.1 Å². The minimum absolute atomic E-state index is 0.000417. The molecule has 1 rings (SSSR count). The van der Waals surface area contributed by atoms with E-state index < -0.39 is 10.0 Å². The highest BCUT2D eigenvalue weighted by molar-refractivity contribution is 8.14. The lowest BCUT2D eigenvalue weighted by molar-refractivity contribution is 0.600. The summed E-state index contributed by atoms with van der Waals surface area (Å²) in [4.78, 5) is -0.000417. The molecule has 0 fully saturated rings. The van der Waals surface area contributed by atoms with Crippen molar-refractivity contribution in [3.63, 3.8) is 0 Å². The second-order valence-corrected chi connectivity index (χ2v) is 5.07. The number of nitrogens with one attached hydrogen (secondary N) is 1. The first-order chi connectivity index (χ1) is 7.06. The first-order valence-electron chi connectivity index (χ1n) is 4.14. The monoisotopic (exact) mass is 244 g/mol. The molecule has 1 aliphatic heterocycles. The average Bonchev–Trinajstić information content (AvgIpc) is 2.65. The molecule has 0 aromatic carbocycles. The van der Waals surface area contributed by atoms with Crippen molar-refractivity contribution in [3.8, 4) is 0 Å². The number of hydrogen-bond acceptors (Lipinski definition) is 4. The molecule has 5 nitrogen and oxygen atoms in total. The van der Waals surface area contributed by atoms with Gasteiger partial charge in [-0.05, 0) is 12.5 Å². The summed E-state index contributed by atoms with van der Waals surface area (Å²) >= 11 is 0.919. The van der Waals surface area contributed by atoms with Gasteiger partial charge in [-0.3, -0.25) is 0 Å². The molecule has 0 amide bonds. The van der Waals surface area contributed by atoms with Gasteiger partial charge in [-0.15, -0.1) is 0 Å². The molecular formula is C8H10N3O2S2+. The Labute approximate surface area is 92.6 Å². The fraction of sp³-hybridized carbons (Fsp3) is 0.250. The van der Waals surface area contributed by atoms with Crippen LogP contribution in [0, 0.1) is 0 Å². The number of sulfonamides is 1. The van der Waals surface area contributed by atoms with Gasteiger partial charge in [0.1, 0.15) is 0 Å². The minimum Gasteiger partial charge on any atom is -0.186 e. The highest BCUT2D eigenvalue weighted by Gasteiger charge is 2.24. The zero-order chi connectivity index (χ0) is 11.3. The van der Waals surface area contributed by atoms with E-state index in [9.17, 15) is 8.42 Å². The molecule has 1 N–H and O–H groups in total. The average molecular weight is 244 g/mol. The van der Waals surface area contributed by atoms with Crippen molar-refractivity contribution in [2.45, 2.75) is 13.3 Å². The summed E-state index contributed by atoms with van der Waals surface area (Å²) in [5, 5.41) is 0.182. The van der Waals surface area contributed by atoms with Crippen molar-refractivity contribution in [1.29, 1.82) is 0 Å². The molecule has 0 unspecified atom stereocenters. The van der Waals surface area contributed by atoms with Crippen molar-refractivity contribution >= 4 is 33.1 Å². The molecule has 1 aliphatic rings. The Balaban J connectivity index is 2.76. The lowest BCUT2D eigenvalue weighted by Gasteiger charge is -1.98. The SMILES string of the molecule is C=C(C=CCC)S(=O)(=O)NC1=[N+]=C=NS1. The normalized spacial score (nSPS) is 14.6. The van der Waals surface area contributed by atoms with Crippen LogP contribution in [-0.2, 0) is 10.0 Å². The van der Waals surface area contributed by atoms with Crippen LogP contribution in [0.1, 0.15) is 13.3 Å². The van der Waals surface area contributed by atoms with E-state index in [1.165, 1.54) is 6.08 Å². The number of hydrogen-bond donors (Lipinski definition) is 1. The van der Waals surface area contributed by atoms with Crippen LogP contribution in [0.2, 0.25) is 0 Å². The van der Waals surface area contributed by atoms with Gasteiger partial charge in [0.05, 0.1) is 4.91 Å². The molecule has 0 aromatic rings. The van der Waals surface area contributed by atoms with Crippen LogP contribution < -0.4 is 9.39 Å². The van der Waals surface area contributed by atoms with Crippen molar-refractivity contribution < 1.29 is 8.42 Å². The maximum Gasteiger partial charge on any atom is 0.410 e. The van der Waals surface area contributed by atoms with Gasteiger partial charge in [-0.1, -0.05) is 19.6 Å². The summed E-state index contributed by atoms with van der Waals surface area (Å²) in [7, 11) is -3.60. The van der Waals surface area contributed by atoms with E-state index in [0.29, 0.717) is 0 Å². The summed E-state index contributed by atoms with van der Waals surface area (Å²) in [5.74, 6) is 0. The zero-order valence-electron chi connectivity index (χ0n) is 8.10. The molecular weight excluding hydrogens is 234 g/mol. The lowest BCUT2D eigenvalue weighted by Crippen LogP contribution is -2.29. The van der Waals surface area contributed by atoms with Gasteiger partial charge < -0.3 is 0 Å². The third-order valence-electron chi connectivity index (χ3n) is 1.43. The molecule has 0 atom stereocenters. The van der Waals surface area contributed by atoms with E-state index in [0.717, 1.165) is 18.4 Å². The molecule has 0 radical (unpaired) electrons. The molecule has 80 valence electrons. The number of rotatable bonds is 4. The van der Waals surface area contributed by atoms with Crippen LogP contribution in [0.3, 0.4) is 0 Å². The fourth-order valence-electron chi connectivity index (χ4n) is 0.711. The quantitative estimate of drug-likeness (QED) is 0.448. The van der Waals surface area contributed by atoms with Gasteiger partial charge >= 0.3 is 21.2 Å². The largest absolute Gasteiger partial charge is 0.410 e. The molecule has 0 spiro atoms. The van der Waals surface area contributed by atoms with Crippen LogP contribution in [0.4, 0.5) is 0 Å². The Kier molecular flexibility index (Phi) is 3.94. The summed E-state index contributed by atoms with van der Waals surface area (Å²) in [6.45, 7) is 5.36. The first kappa shape index (κ1) is 11.8. The van der Waals surface area contributed by atoms with Crippen molar-refractivity contribution in [2.75, 3.05) is 0 Å². The van der Waals surface area contributed by atoms with E-state index in [2.05, 4.69) is 26.4 Å². The Morgan fingerprint density at radius 2 is 2.53 bits per heavy atom. The maximum atomic E-state index is 11.6. The maximum absolute atomic E-state index is 11.6. The predicted octanol–water partition coefficient (Wildman–Crippen LogP) is 0.645. The number of amidine groups is 1. The first-order valence-corrected chi connectivity index (χ1v) is 6.40. The minimum atomic E-state index is -3.60. The molecule has 0 aromatic heterocycles. The second-order valence-electron chi connectivity index (χ2n) is 2.58. The van der Waals surface area contributed by atoms with Crippen LogP contribution >= 0.6 is 11.9 Å². The van der Waals surface area contributed by atoms with E-state index in [4.69, 9.17) is 0 Å². The molecule has 15 heavy (non-hydrogen) atoms. The third-order valence-corrected chi connectivity index (χ3v) is 3.39. The van der Waals surface area contributed by atoms with E-state index in [1.54, 1.807) is 6.08 Å². The van der Waals surface area contributed by atoms with Crippen LogP contribution in [-0.4, -0.2) is 19.6 Å². The predicted molar refractivity (Wildman–Crippen MR) is 62.8 cm³/mol. The van der Waals surface area contributed by atoms with Crippen LogP contribution in [0.25, 0.3) is 0 Å². The molecule has 0 saturated carbocycles. The van der Waals surface area contributed by atoms with Crippen LogP contribution in [0.15, 0.2) is 28.0 Å². The molecule has 1 heterocycles. The van der Waals surface area contributed by atoms with Gasteiger partial charge in [0.2, 0.25) is 11.9 Å². The van der Waals surface area contributed by atoms with E-state index in [1.807, 2.05) is 6.92 Å². The topological polar surface area (TPSA) is 72.6 Å². The van der Waals surface area contributed by atoms with Gasteiger partial charge in [0, 0.05) is 4.40 Å². The highest BCUT2D eigenvalue weighted by atomic mass is 32.2. The van der Waals surface area contributed by atoms with Gasteiger partial charge in [-0.2, -0.15) is 17.8 Å². The Bertz CT molecular complexity index is 492. The lowest BCUT2D eigenvalue weighted by atomic mass is 10.4. The van der Waals surface area contributed by atoms with Gasteiger partial charge in [-0.25, -0.2) is 0 Å². The summed E-state index contributed by atoms with van der Waals surface area (Å²) in [6.07, 6.45) is 3.92. The van der Waals surface area contributed by atoms with Crippen molar-refractivity contribution in [3.05, 3.63) is 23.6 Å². The molecule has 0 saturated heterocycles. The summed E-state index contributed by atoms with van der Waals surface area (Å²) < 4.78 is 32.5. The fourth-order valence-corrected chi connectivity index (χ4v) is 2.12. The number of allylic oxidation sites excluding steroid dienone is 2. The Morgan fingerprint density at radius 1 is 1.80 bits per heavy atom.